The van der Waals surface area contributed by atoms with E-state index < -0.39 is 11.0 Å². The molecule has 0 aliphatic rings. The Morgan fingerprint density at radius 2 is 1.65 bits per heavy atom. The summed E-state index contributed by atoms with van der Waals surface area (Å²) in [6.45, 7) is 2.84. The van der Waals surface area contributed by atoms with Gasteiger partial charge in [0.25, 0.3) is 5.69 Å². The van der Waals surface area contributed by atoms with Crippen molar-refractivity contribution in [2.24, 2.45) is 0 Å². The standard InChI is InChI=1S/C23H19Br2Cl2N3O4/c1-2-34-16-8-6-14(7-9-16)12-29(23(31)28-22-20(26)4-3-5-21(22)27)13-17-18(24)10-15(30(32)33)11-19(17)25/h3-11H,2,12-13H2,1H3,(H,28,31). The first kappa shape index (κ1) is 26.3. The van der Waals surface area contributed by atoms with Crippen LogP contribution in [0.1, 0.15) is 18.1 Å². The Morgan fingerprint density at radius 1 is 1.06 bits per heavy atom. The van der Waals surface area contributed by atoms with Crippen LogP contribution in [0.3, 0.4) is 0 Å². The monoisotopic (exact) mass is 629 g/mol. The molecular formula is C23H19Br2Cl2N3O4. The van der Waals surface area contributed by atoms with Gasteiger partial charge in [0.1, 0.15) is 5.75 Å². The first-order valence-corrected chi connectivity index (χ1v) is 12.4. The number of anilines is 1. The van der Waals surface area contributed by atoms with Gasteiger partial charge in [-0.2, -0.15) is 0 Å². The maximum atomic E-state index is 13.3. The third kappa shape index (κ3) is 6.63. The minimum atomic E-state index is -0.483. The Morgan fingerprint density at radius 3 is 2.18 bits per heavy atom. The molecule has 2 amide bonds. The van der Waals surface area contributed by atoms with Crippen LogP contribution in [0.25, 0.3) is 0 Å². The number of hydrogen-bond donors (Lipinski definition) is 1. The molecule has 178 valence electrons. The molecule has 0 spiro atoms. The first-order valence-electron chi connectivity index (χ1n) is 10.0. The van der Waals surface area contributed by atoms with Gasteiger partial charge >= 0.3 is 6.03 Å². The lowest BCUT2D eigenvalue weighted by Gasteiger charge is -2.25. The van der Waals surface area contributed by atoms with Gasteiger partial charge in [-0.25, -0.2) is 4.79 Å². The number of urea groups is 1. The van der Waals surface area contributed by atoms with Crippen LogP contribution in [0, 0.1) is 10.1 Å². The first-order chi connectivity index (χ1) is 16.2. The Bertz CT molecular complexity index is 1170. The average molecular weight is 632 g/mol. The number of nitro groups is 1. The van der Waals surface area contributed by atoms with Gasteiger partial charge in [-0.1, -0.05) is 73.3 Å². The highest BCUT2D eigenvalue weighted by molar-refractivity contribution is 9.11. The lowest BCUT2D eigenvalue weighted by molar-refractivity contribution is -0.385. The second kappa shape index (κ2) is 11.9. The predicted molar refractivity (Wildman–Crippen MR) is 141 cm³/mol. The largest absolute Gasteiger partial charge is 0.494 e. The van der Waals surface area contributed by atoms with E-state index >= 15 is 0 Å². The van der Waals surface area contributed by atoms with E-state index in [9.17, 15) is 14.9 Å². The molecule has 0 saturated carbocycles. The van der Waals surface area contributed by atoms with Crippen molar-refractivity contribution in [2.75, 3.05) is 11.9 Å². The fourth-order valence-corrected chi connectivity index (χ4v) is 5.02. The van der Waals surface area contributed by atoms with Gasteiger partial charge in [0, 0.05) is 33.2 Å². The summed E-state index contributed by atoms with van der Waals surface area (Å²) >= 11 is 19.3. The molecule has 0 bridgehead atoms. The van der Waals surface area contributed by atoms with Crippen LogP contribution in [0.5, 0.6) is 5.75 Å². The normalized spacial score (nSPS) is 10.6. The van der Waals surface area contributed by atoms with Gasteiger partial charge in [-0.05, 0) is 36.8 Å². The van der Waals surface area contributed by atoms with Crippen molar-refractivity contribution in [3.63, 3.8) is 0 Å². The maximum absolute atomic E-state index is 13.3. The number of halogens is 4. The Hall–Kier alpha value is -2.33. The highest BCUT2D eigenvalue weighted by Gasteiger charge is 2.22. The second-order valence-corrected chi connectivity index (χ2v) is 9.63. The maximum Gasteiger partial charge on any atom is 0.322 e. The zero-order valence-corrected chi connectivity index (χ0v) is 22.5. The average Bonchev–Trinajstić information content (AvgIpc) is 2.79. The Labute approximate surface area is 223 Å². The summed E-state index contributed by atoms with van der Waals surface area (Å²) in [5.41, 5.74) is 1.75. The SMILES string of the molecule is CCOc1ccc(CN(Cc2c(Br)cc([N+](=O)[O-])cc2Br)C(=O)Nc2c(Cl)cccc2Cl)cc1. The van der Waals surface area contributed by atoms with E-state index in [0.717, 1.165) is 11.3 Å². The summed E-state index contributed by atoms with van der Waals surface area (Å²) < 4.78 is 6.48. The van der Waals surface area contributed by atoms with Crippen molar-refractivity contribution in [3.05, 3.63) is 94.8 Å². The molecule has 3 rings (SSSR count). The number of carbonyl (C=O) groups excluding carboxylic acids is 1. The molecule has 0 saturated heterocycles. The van der Waals surface area contributed by atoms with Crippen molar-refractivity contribution >= 4 is 72.5 Å². The summed E-state index contributed by atoms with van der Waals surface area (Å²) in [6.07, 6.45) is 0. The molecule has 7 nitrogen and oxygen atoms in total. The summed E-state index contributed by atoms with van der Waals surface area (Å²) in [5.74, 6) is 0.728. The number of para-hydroxylation sites is 1. The van der Waals surface area contributed by atoms with Crippen molar-refractivity contribution in [3.8, 4) is 5.75 Å². The number of benzene rings is 3. The number of ether oxygens (including phenoxy) is 1. The summed E-state index contributed by atoms with van der Waals surface area (Å²) in [6, 6.07) is 14.7. The Kier molecular flexibility index (Phi) is 9.18. The third-order valence-corrected chi connectivity index (χ3v) is 6.82. The van der Waals surface area contributed by atoms with Crippen LogP contribution >= 0.6 is 55.1 Å². The van der Waals surface area contributed by atoms with Gasteiger partial charge in [-0.15, -0.1) is 0 Å². The minimum absolute atomic E-state index is 0.0761. The van der Waals surface area contributed by atoms with Crippen LogP contribution in [0.4, 0.5) is 16.2 Å². The molecular weight excluding hydrogens is 613 g/mol. The molecule has 11 heteroatoms. The van der Waals surface area contributed by atoms with Gasteiger partial charge in [0.15, 0.2) is 0 Å². The number of hydrogen-bond acceptors (Lipinski definition) is 4. The zero-order valence-electron chi connectivity index (χ0n) is 17.9. The molecule has 0 atom stereocenters. The molecule has 0 aromatic heterocycles. The quantitative estimate of drug-likeness (QED) is 0.201. The van der Waals surface area contributed by atoms with E-state index in [1.807, 2.05) is 31.2 Å². The summed E-state index contributed by atoms with van der Waals surface area (Å²) in [5, 5.41) is 14.6. The van der Waals surface area contributed by atoms with E-state index in [1.54, 1.807) is 23.1 Å². The fourth-order valence-electron chi connectivity index (χ4n) is 3.12. The molecule has 0 unspecified atom stereocenters. The van der Waals surface area contributed by atoms with E-state index in [-0.39, 0.29) is 18.8 Å². The van der Waals surface area contributed by atoms with Crippen LogP contribution in [-0.2, 0) is 13.1 Å². The molecule has 0 fully saturated rings. The number of nitrogens with one attached hydrogen (secondary N) is 1. The third-order valence-electron chi connectivity index (χ3n) is 4.78. The van der Waals surface area contributed by atoms with Crippen molar-refractivity contribution < 1.29 is 14.5 Å². The number of rotatable bonds is 8. The van der Waals surface area contributed by atoms with Crippen LogP contribution < -0.4 is 10.1 Å². The summed E-state index contributed by atoms with van der Waals surface area (Å²) in [7, 11) is 0. The molecule has 0 aliphatic carbocycles. The van der Waals surface area contributed by atoms with E-state index in [4.69, 9.17) is 27.9 Å². The topological polar surface area (TPSA) is 84.7 Å². The van der Waals surface area contributed by atoms with Crippen molar-refractivity contribution in [2.45, 2.75) is 20.0 Å². The fraction of sp³-hybridized carbons (Fsp3) is 0.174. The smallest absolute Gasteiger partial charge is 0.322 e. The highest BCUT2D eigenvalue weighted by atomic mass is 79.9. The van der Waals surface area contributed by atoms with E-state index in [0.29, 0.717) is 36.8 Å². The number of carbonyl (C=O) groups is 1. The van der Waals surface area contributed by atoms with Gasteiger partial charge in [-0.3, -0.25) is 10.1 Å². The van der Waals surface area contributed by atoms with Crippen molar-refractivity contribution in [1.29, 1.82) is 0 Å². The number of amides is 2. The number of non-ortho nitro benzene ring substituents is 1. The van der Waals surface area contributed by atoms with Gasteiger partial charge < -0.3 is 15.0 Å². The Balaban J connectivity index is 1.93. The van der Waals surface area contributed by atoms with Crippen LogP contribution in [0.15, 0.2) is 63.5 Å². The molecule has 3 aromatic carbocycles. The zero-order chi connectivity index (χ0) is 24.8. The predicted octanol–water partition coefficient (Wildman–Crippen LogP) is 8.06. The lowest BCUT2D eigenvalue weighted by atomic mass is 10.1. The summed E-state index contributed by atoms with van der Waals surface area (Å²) in [4.78, 5) is 25.6. The minimum Gasteiger partial charge on any atom is -0.494 e. The van der Waals surface area contributed by atoms with E-state index in [2.05, 4.69) is 37.2 Å². The van der Waals surface area contributed by atoms with E-state index in [1.165, 1.54) is 12.1 Å². The molecule has 34 heavy (non-hydrogen) atoms. The van der Waals surface area contributed by atoms with Gasteiger partial charge in [0.05, 0.1) is 33.8 Å². The molecule has 0 aliphatic heterocycles. The molecule has 1 N–H and O–H groups in total. The van der Waals surface area contributed by atoms with Crippen molar-refractivity contribution in [1.82, 2.24) is 4.90 Å². The second-order valence-electron chi connectivity index (χ2n) is 7.10. The molecule has 0 radical (unpaired) electrons. The number of nitrogens with zero attached hydrogens (tertiary/aromatic N) is 2. The van der Waals surface area contributed by atoms with Crippen LogP contribution in [-0.4, -0.2) is 22.5 Å². The molecule has 3 aromatic rings. The number of nitro benzene ring substituents is 1. The lowest BCUT2D eigenvalue weighted by Crippen LogP contribution is -2.34. The van der Waals surface area contributed by atoms with Crippen LogP contribution in [0.2, 0.25) is 10.0 Å². The highest BCUT2D eigenvalue weighted by Crippen LogP contribution is 2.33. The molecule has 0 heterocycles. The van der Waals surface area contributed by atoms with Gasteiger partial charge in [0.2, 0.25) is 0 Å².